The van der Waals surface area contributed by atoms with Crippen molar-refractivity contribution in [3.8, 4) is 0 Å². The molecule has 1 heterocycles. The van der Waals surface area contributed by atoms with Crippen LogP contribution in [-0.2, 0) is 10.0 Å². The zero-order valence-corrected chi connectivity index (χ0v) is 15.8. The number of nitro groups is 1. The van der Waals surface area contributed by atoms with Gasteiger partial charge < -0.3 is 5.32 Å². The first kappa shape index (κ1) is 21.8. The average Bonchev–Trinajstić information content (AvgIpc) is 2.55. The monoisotopic (exact) mass is 395 g/mol. The Balaban J connectivity index is 0.00000312. The number of rotatable bonds is 6. The Labute approximate surface area is 153 Å². The number of piperidine rings is 1. The van der Waals surface area contributed by atoms with Crippen LogP contribution in [0, 0.1) is 22.9 Å². The fourth-order valence-corrected chi connectivity index (χ4v) is 4.74. The summed E-state index contributed by atoms with van der Waals surface area (Å²) in [6.45, 7) is 4.85. The molecular formula is C15H23ClFN3O4S. The maximum absolute atomic E-state index is 14.0. The molecule has 142 valence electrons. The molecule has 1 aliphatic heterocycles. The van der Waals surface area contributed by atoms with E-state index in [0.717, 1.165) is 12.1 Å². The van der Waals surface area contributed by atoms with Crippen molar-refractivity contribution in [2.45, 2.75) is 44.0 Å². The number of nitrogens with one attached hydrogen (secondary N) is 1. The Hall–Kier alpha value is -1.29. The van der Waals surface area contributed by atoms with Gasteiger partial charge in [0.05, 0.1) is 15.4 Å². The van der Waals surface area contributed by atoms with Crippen LogP contribution >= 0.6 is 12.4 Å². The molecule has 10 heteroatoms. The van der Waals surface area contributed by atoms with Crippen LogP contribution in [0.15, 0.2) is 17.0 Å². The molecule has 1 fully saturated rings. The van der Waals surface area contributed by atoms with Gasteiger partial charge in [-0.1, -0.05) is 6.92 Å². The minimum absolute atomic E-state index is 0. The summed E-state index contributed by atoms with van der Waals surface area (Å²) in [4.78, 5) is 9.96. The lowest BCUT2D eigenvalue weighted by Gasteiger charge is -2.33. The summed E-state index contributed by atoms with van der Waals surface area (Å²) in [7, 11) is -4.00. The van der Waals surface area contributed by atoms with Crippen molar-refractivity contribution in [1.82, 2.24) is 9.62 Å². The third kappa shape index (κ3) is 4.66. The highest BCUT2D eigenvalue weighted by atomic mass is 35.5. The van der Waals surface area contributed by atoms with Crippen molar-refractivity contribution in [1.29, 1.82) is 0 Å². The highest BCUT2D eigenvalue weighted by Gasteiger charge is 2.33. The average molecular weight is 396 g/mol. The van der Waals surface area contributed by atoms with E-state index in [1.54, 1.807) is 0 Å². The van der Waals surface area contributed by atoms with Gasteiger partial charge in [-0.3, -0.25) is 10.1 Å². The number of hydrogen-bond acceptors (Lipinski definition) is 5. The van der Waals surface area contributed by atoms with Crippen LogP contribution in [0.5, 0.6) is 0 Å². The molecule has 0 aromatic heterocycles. The van der Waals surface area contributed by atoms with Gasteiger partial charge in [-0.2, -0.15) is 4.31 Å². The number of nitrogens with zero attached hydrogens (tertiary/aromatic N) is 2. The molecule has 0 aliphatic carbocycles. The predicted molar refractivity (Wildman–Crippen MR) is 95.1 cm³/mol. The quantitative estimate of drug-likeness (QED) is 0.590. The standard InChI is InChI=1S/C15H22FN3O4S.ClH/c1-3-8-18(12-4-6-17-7-5-12)24(22,23)13-9-14(16)11(2)15(10-13)19(20)21;/h9-10,12,17H,3-8H2,1-2H3;1H. The lowest BCUT2D eigenvalue weighted by atomic mass is 10.1. The van der Waals surface area contributed by atoms with Crippen molar-refractivity contribution in [2.75, 3.05) is 19.6 Å². The summed E-state index contributed by atoms with van der Waals surface area (Å²) in [5, 5.41) is 14.2. The molecule has 0 unspecified atom stereocenters. The van der Waals surface area contributed by atoms with E-state index in [9.17, 15) is 22.9 Å². The molecule has 0 saturated carbocycles. The van der Waals surface area contributed by atoms with Gasteiger partial charge in [0.2, 0.25) is 10.0 Å². The largest absolute Gasteiger partial charge is 0.317 e. The zero-order chi connectivity index (χ0) is 17.9. The molecule has 7 nitrogen and oxygen atoms in total. The second-order valence-electron chi connectivity index (χ2n) is 5.90. The maximum Gasteiger partial charge on any atom is 0.276 e. The van der Waals surface area contributed by atoms with Gasteiger partial charge in [-0.25, -0.2) is 12.8 Å². The van der Waals surface area contributed by atoms with Gasteiger partial charge in [-0.15, -0.1) is 12.4 Å². The van der Waals surface area contributed by atoms with Crippen molar-refractivity contribution in [2.24, 2.45) is 0 Å². The van der Waals surface area contributed by atoms with Crippen LogP contribution in [0.1, 0.15) is 31.7 Å². The summed E-state index contributed by atoms with van der Waals surface area (Å²) in [5.41, 5.74) is -0.682. The molecule has 0 spiro atoms. The normalized spacial score (nSPS) is 15.8. The second kappa shape index (κ2) is 8.88. The molecular weight excluding hydrogens is 373 g/mol. The number of benzene rings is 1. The molecule has 1 aliphatic rings. The number of halogens is 2. The Bertz CT molecular complexity index is 724. The highest BCUT2D eigenvalue weighted by molar-refractivity contribution is 7.89. The van der Waals surface area contributed by atoms with Gasteiger partial charge in [0.1, 0.15) is 5.82 Å². The molecule has 25 heavy (non-hydrogen) atoms. The second-order valence-corrected chi connectivity index (χ2v) is 7.79. The van der Waals surface area contributed by atoms with Crippen LogP contribution in [-0.4, -0.2) is 43.3 Å². The lowest BCUT2D eigenvalue weighted by Crippen LogP contribution is -2.46. The van der Waals surface area contributed by atoms with E-state index >= 15 is 0 Å². The third-order valence-electron chi connectivity index (χ3n) is 4.25. The zero-order valence-electron chi connectivity index (χ0n) is 14.2. The van der Waals surface area contributed by atoms with E-state index < -0.39 is 26.5 Å². The summed E-state index contributed by atoms with van der Waals surface area (Å²) in [6, 6.07) is 1.65. The molecule has 0 amide bonds. The summed E-state index contributed by atoms with van der Waals surface area (Å²) >= 11 is 0. The van der Waals surface area contributed by atoms with Crippen LogP contribution in [0.3, 0.4) is 0 Å². The van der Waals surface area contributed by atoms with Crippen LogP contribution in [0.2, 0.25) is 0 Å². The molecule has 0 bridgehead atoms. The molecule has 1 saturated heterocycles. The van der Waals surface area contributed by atoms with Crippen molar-refractivity contribution >= 4 is 28.1 Å². The van der Waals surface area contributed by atoms with E-state index in [0.29, 0.717) is 38.9 Å². The Morgan fingerprint density at radius 1 is 1.36 bits per heavy atom. The van der Waals surface area contributed by atoms with Crippen LogP contribution < -0.4 is 5.32 Å². The Morgan fingerprint density at radius 3 is 2.48 bits per heavy atom. The van der Waals surface area contributed by atoms with Gasteiger partial charge in [-0.05, 0) is 45.3 Å². The number of hydrogen-bond donors (Lipinski definition) is 1. The minimum Gasteiger partial charge on any atom is -0.317 e. The first-order valence-electron chi connectivity index (χ1n) is 7.96. The van der Waals surface area contributed by atoms with Gasteiger partial charge in [0.15, 0.2) is 0 Å². The Morgan fingerprint density at radius 2 is 1.96 bits per heavy atom. The summed E-state index contributed by atoms with van der Waals surface area (Å²) in [5.74, 6) is -0.885. The fraction of sp³-hybridized carbons (Fsp3) is 0.600. The van der Waals surface area contributed by atoms with Crippen LogP contribution in [0.4, 0.5) is 10.1 Å². The van der Waals surface area contributed by atoms with Gasteiger partial charge in [0.25, 0.3) is 5.69 Å². The third-order valence-corrected chi connectivity index (χ3v) is 6.18. The summed E-state index contributed by atoms with van der Waals surface area (Å²) < 4.78 is 41.3. The van der Waals surface area contributed by atoms with Crippen molar-refractivity contribution in [3.05, 3.63) is 33.6 Å². The van der Waals surface area contributed by atoms with E-state index in [2.05, 4.69) is 5.32 Å². The Kier molecular flexibility index (Phi) is 7.73. The summed E-state index contributed by atoms with van der Waals surface area (Å²) in [6.07, 6.45) is 1.94. The van der Waals surface area contributed by atoms with Gasteiger partial charge in [0, 0.05) is 18.7 Å². The molecule has 2 rings (SSSR count). The molecule has 1 N–H and O–H groups in total. The number of sulfonamides is 1. The topological polar surface area (TPSA) is 92.6 Å². The fourth-order valence-electron chi connectivity index (χ4n) is 2.93. The van der Waals surface area contributed by atoms with Crippen molar-refractivity contribution < 1.29 is 17.7 Å². The number of nitro benzene ring substituents is 1. The van der Waals surface area contributed by atoms with E-state index in [1.807, 2.05) is 6.92 Å². The predicted octanol–water partition coefficient (Wildman–Crippen LogP) is 2.62. The van der Waals surface area contributed by atoms with Crippen molar-refractivity contribution in [3.63, 3.8) is 0 Å². The minimum atomic E-state index is -4.00. The van der Waals surface area contributed by atoms with E-state index in [-0.39, 0.29) is 28.9 Å². The van der Waals surface area contributed by atoms with E-state index in [4.69, 9.17) is 0 Å². The van der Waals surface area contributed by atoms with Crippen LogP contribution in [0.25, 0.3) is 0 Å². The lowest BCUT2D eigenvalue weighted by molar-refractivity contribution is -0.385. The maximum atomic E-state index is 14.0. The first-order chi connectivity index (χ1) is 11.3. The van der Waals surface area contributed by atoms with Gasteiger partial charge >= 0.3 is 0 Å². The first-order valence-corrected chi connectivity index (χ1v) is 9.40. The molecule has 0 atom stereocenters. The molecule has 1 aromatic carbocycles. The highest BCUT2D eigenvalue weighted by Crippen LogP contribution is 2.29. The molecule has 1 aromatic rings. The molecule has 0 radical (unpaired) electrons. The smallest absolute Gasteiger partial charge is 0.276 e. The van der Waals surface area contributed by atoms with E-state index in [1.165, 1.54) is 11.2 Å². The SMILES string of the molecule is CCCN(C1CCNCC1)S(=O)(=O)c1cc(F)c(C)c([N+](=O)[O-])c1.Cl.